The van der Waals surface area contributed by atoms with E-state index >= 15 is 0 Å². The second-order valence-electron chi connectivity index (χ2n) is 6.98. The molecule has 5 nitrogen and oxygen atoms in total. The maximum absolute atomic E-state index is 12.2. The lowest BCUT2D eigenvalue weighted by Crippen LogP contribution is -2.44. The molecule has 2 aromatic carbocycles. The van der Waals surface area contributed by atoms with Crippen molar-refractivity contribution in [1.29, 1.82) is 0 Å². The van der Waals surface area contributed by atoms with Crippen LogP contribution in [0.2, 0.25) is 0 Å². The van der Waals surface area contributed by atoms with E-state index in [0.717, 1.165) is 39.0 Å². The Kier molecular flexibility index (Phi) is 7.25. The molecule has 0 saturated carbocycles. The molecule has 1 heterocycles. The van der Waals surface area contributed by atoms with Gasteiger partial charge in [-0.15, -0.1) is 0 Å². The number of benzene rings is 2. The van der Waals surface area contributed by atoms with Crippen molar-refractivity contribution < 1.29 is 9.53 Å². The van der Waals surface area contributed by atoms with Gasteiger partial charge in [-0.1, -0.05) is 36.4 Å². The quantitative estimate of drug-likeness (QED) is 0.705. The van der Waals surface area contributed by atoms with Crippen molar-refractivity contribution >= 4 is 5.91 Å². The SMILES string of the molecule is COc1cccc(C(=O)NCCNC2CCN(Cc3ccccc3)CC2)c1. The molecule has 1 fully saturated rings. The number of methoxy groups -OCH3 is 1. The van der Waals surface area contributed by atoms with Crippen molar-refractivity contribution in [2.45, 2.75) is 25.4 Å². The highest BCUT2D eigenvalue weighted by molar-refractivity contribution is 5.94. The van der Waals surface area contributed by atoms with Crippen LogP contribution in [0.3, 0.4) is 0 Å². The molecule has 0 aromatic heterocycles. The summed E-state index contributed by atoms with van der Waals surface area (Å²) in [5, 5.41) is 6.53. The average molecular weight is 367 g/mol. The van der Waals surface area contributed by atoms with Gasteiger partial charge in [-0.3, -0.25) is 9.69 Å². The van der Waals surface area contributed by atoms with Crippen LogP contribution in [0.4, 0.5) is 0 Å². The van der Waals surface area contributed by atoms with Crippen LogP contribution in [0.15, 0.2) is 54.6 Å². The summed E-state index contributed by atoms with van der Waals surface area (Å²) in [6, 6.07) is 18.4. The molecule has 0 radical (unpaired) electrons. The van der Waals surface area contributed by atoms with Gasteiger partial charge in [0, 0.05) is 31.2 Å². The molecular weight excluding hydrogens is 338 g/mol. The Morgan fingerprint density at radius 1 is 1.07 bits per heavy atom. The highest BCUT2D eigenvalue weighted by Crippen LogP contribution is 2.14. The molecule has 1 aliphatic heterocycles. The van der Waals surface area contributed by atoms with Crippen LogP contribution >= 0.6 is 0 Å². The number of carbonyl (C=O) groups excluding carboxylic acids is 1. The third kappa shape index (κ3) is 6.08. The Hall–Kier alpha value is -2.37. The fraction of sp³-hybridized carbons (Fsp3) is 0.409. The average Bonchev–Trinajstić information content (AvgIpc) is 2.73. The van der Waals surface area contributed by atoms with E-state index < -0.39 is 0 Å². The van der Waals surface area contributed by atoms with E-state index in [1.165, 1.54) is 5.56 Å². The topological polar surface area (TPSA) is 53.6 Å². The predicted octanol–water partition coefficient (Wildman–Crippen LogP) is 2.68. The van der Waals surface area contributed by atoms with E-state index in [2.05, 4.69) is 45.9 Å². The highest BCUT2D eigenvalue weighted by Gasteiger charge is 2.18. The lowest BCUT2D eigenvalue weighted by molar-refractivity contribution is 0.0952. The summed E-state index contributed by atoms with van der Waals surface area (Å²) in [6.07, 6.45) is 2.30. The molecule has 2 N–H and O–H groups in total. The van der Waals surface area contributed by atoms with Crippen LogP contribution in [0.5, 0.6) is 5.75 Å². The summed E-state index contributed by atoms with van der Waals surface area (Å²) in [5.41, 5.74) is 2.01. The number of amides is 1. The Morgan fingerprint density at radius 2 is 1.85 bits per heavy atom. The molecule has 1 aliphatic rings. The Morgan fingerprint density at radius 3 is 2.59 bits per heavy atom. The Balaban J connectivity index is 1.31. The fourth-order valence-electron chi connectivity index (χ4n) is 3.46. The number of ether oxygens (including phenoxy) is 1. The molecule has 0 spiro atoms. The number of nitrogens with zero attached hydrogens (tertiary/aromatic N) is 1. The van der Waals surface area contributed by atoms with Crippen molar-refractivity contribution in [2.24, 2.45) is 0 Å². The summed E-state index contributed by atoms with van der Waals surface area (Å²) in [7, 11) is 1.60. The number of rotatable bonds is 8. The molecule has 0 unspecified atom stereocenters. The smallest absolute Gasteiger partial charge is 0.251 e. The van der Waals surface area contributed by atoms with Gasteiger partial charge in [-0.25, -0.2) is 0 Å². The van der Waals surface area contributed by atoms with Crippen molar-refractivity contribution in [3.63, 3.8) is 0 Å². The van der Waals surface area contributed by atoms with Crippen molar-refractivity contribution in [2.75, 3.05) is 33.3 Å². The summed E-state index contributed by atoms with van der Waals surface area (Å²) in [5.74, 6) is 0.636. The van der Waals surface area contributed by atoms with Gasteiger partial charge in [0.15, 0.2) is 0 Å². The zero-order valence-corrected chi connectivity index (χ0v) is 16.0. The van der Waals surface area contributed by atoms with E-state index in [9.17, 15) is 4.79 Å². The minimum absolute atomic E-state index is 0.0617. The van der Waals surface area contributed by atoms with Crippen LogP contribution in [0.25, 0.3) is 0 Å². The van der Waals surface area contributed by atoms with E-state index in [1.54, 1.807) is 19.2 Å². The highest BCUT2D eigenvalue weighted by atomic mass is 16.5. The Bertz CT molecular complexity index is 713. The first kappa shape index (κ1) is 19.4. The van der Waals surface area contributed by atoms with E-state index in [0.29, 0.717) is 23.9 Å². The van der Waals surface area contributed by atoms with Gasteiger partial charge in [-0.2, -0.15) is 0 Å². The lowest BCUT2D eigenvalue weighted by atomic mass is 10.0. The van der Waals surface area contributed by atoms with Gasteiger partial charge >= 0.3 is 0 Å². The zero-order valence-electron chi connectivity index (χ0n) is 16.0. The number of piperidine rings is 1. The number of carbonyl (C=O) groups is 1. The van der Waals surface area contributed by atoms with Gasteiger partial charge in [-0.05, 0) is 49.7 Å². The molecule has 144 valence electrons. The van der Waals surface area contributed by atoms with Crippen molar-refractivity contribution in [3.05, 3.63) is 65.7 Å². The molecule has 1 amide bonds. The second-order valence-corrected chi connectivity index (χ2v) is 6.98. The summed E-state index contributed by atoms with van der Waals surface area (Å²) < 4.78 is 5.16. The third-order valence-electron chi connectivity index (χ3n) is 5.01. The van der Waals surface area contributed by atoms with Crippen LogP contribution < -0.4 is 15.4 Å². The first-order chi connectivity index (χ1) is 13.2. The molecule has 0 aliphatic carbocycles. The number of hydrogen-bond acceptors (Lipinski definition) is 4. The van der Waals surface area contributed by atoms with Crippen LogP contribution in [-0.4, -0.2) is 50.1 Å². The monoisotopic (exact) mass is 367 g/mol. The normalized spacial score (nSPS) is 15.4. The standard InChI is InChI=1S/C22H29N3O2/c1-27-21-9-5-8-19(16-21)22(26)24-13-12-23-20-10-14-25(15-11-20)17-18-6-3-2-4-7-18/h2-9,16,20,23H,10-15,17H2,1H3,(H,24,26). The number of likely N-dealkylation sites (tertiary alicyclic amines) is 1. The van der Waals surface area contributed by atoms with Crippen LogP contribution in [0.1, 0.15) is 28.8 Å². The van der Waals surface area contributed by atoms with Gasteiger partial charge < -0.3 is 15.4 Å². The molecule has 27 heavy (non-hydrogen) atoms. The minimum Gasteiger partial charge on any atom is -0.497 e. The third-order valence-corrected chi connectivity index (χ3v) is 5.01. The second kappa shape index (κ2) is 10.1. The number of nitrogens with one attached hydrogen (secondary N) is 2. The van der Waals surface area contributed by atoms with Crippen molar-refractivity contribution in [1.82, 2.24) is 15.5 Å². The molecule has 0 atom stereocenters. The van der Waals surface area contributed by atoms with Gasteiger partial charge in [0.2, 0.25) is 0 Å². The Labute approximate surface area is 161 Å². The molecule has 1 saturated heterocycles. The molecule has 2 aromatic rings. The van der Waals surface area contributed by atoms with Gasteiger partial charge in [0.1, 0.15) is 5.75 Å². The maximum atomic E-state index is 12.2. The molecule has 5 heteroatoms. The van der Waals surface area contributed by atoms with Gasteiger partial charge in [0.05, 0.1) is 7.11 Å². The van der Waals surface area contributed by atoms with Crippen LogP contribution in [-0.2, 0) is 6.54 Å². The summed E-state index contributed by atoms with van der Waals surface area (Å²) >= 11 is 0. The van der Waals surface area contributed by atoms with E-state index in [1.807, 2.05) is 12.1 Å². The van der Waals surface area contributed by atoms with E-state index in [-0.39, 0.29) is 5.91 Å². The molecule has 0 bridgehead atoms. The van der Waals surface area contributed by atoms with Crippen molar-refractivity contribution in [3.8, 4) is 5.75 Å². The minimum atomic E-state index is -0.0617. The largest absolute Gasteiger partial charge is 0.497 e. The predicted molar refractivity (Wildman–Crippen MR) is 108 cm³/mol. The summed E-state index contributed by atoms with van der Waals surface area (Å²) in [4.78, 5) is 14.7. The zero-order chi connectivity index (χ0) is 18.9. The van der Waals surface area contributed by atoms with Crippen LogP contribution in [0, 0.1) is 0 Å². The molecule has 3 rings (SSSR count). The number of hydrogen-bond donors (Lipinski definition) is 2. The summed E-state index contributed by atoms with van der Waals surface area (Å²) in [6.45, 7) is 4.68. The van der Waals surface area contributed by atoms with Gasteiger partial charge in [0.25, 0.3) is 5.91 Å². The lowest BCUT2D eigenvalue weighted by Gasteiger charge is -2.32. The molecular formula is C22H29N3O2. The van der Waals surface area contributed by atoms with E-state index in [4.69, 9.17) is 4.74 Å². The first-order valence-electron chi connectivity index (χ1n) is 9.66. The maximum Gasteiger partial charge on any atom is 0.251 e. The first-order valence-corrected chi connectivity index (χ1v) is 9.66. The fourth-order valence-corrected chi connectivity index (χ4v) is 3.46.